The molecule has 1 amide bonds. The molecule has 3 N–H and O–H groups in total. The van der Waals surface area contributed by atoms with Crippen molar-refractivity contribution in [3.05, 3.63) is 35.4 Å². The maximum absolute atomic E-state index is 12.4. The van der Waals surface area contributed by atoms with E-state index in [1.54, 1.807) is 6.92 Å². The van der Waals surface area contributed by atoms with Gasteiger partial charge in [-0.2, -0.15) is 13.2 Å². The van der Waals surface area contributed by atoms with Crippen molar-refractivity contribution in [3.8, 4) is 0 Å². The van der Waals surface area contributed by atoms with E-state index in [-0.39, 0.29) is 6.04 Å². The number of amides is 1. The number of primary amides is 1. The molecule has 6 heteroatoms. The maximum atomic E-state index is 12.4. The van der Waals surface area contributed by atoms with Crippen LogP contribution in [0.1, 0.15) is 37.4 Å². The van der Waals surface area contributed by atoms with Gasteiger partial charge in [-0.3, -0.25) is 10.1 Å². The summed E-state index contributed by atoms with van der Waals surface area (Å²) in [6.07, 6.45) is -3.81. The number of hydrogen-bond acceptors (Lipinski definition) is 2. The van der Waals surface area contributed by atoms with E-state index in [0.717, 1.165) is 12.1 Å². The van der Waals surface area contributed by atoms with Gasteiger partial charge in [0.2, 0.25) is 5.91 Å². The minimum Gasteiger partial charge on any atom is -0.368 e. The lowest BCUT2D eigenvalue weighted by Crippen LogP contribution is -2.41. The second-order valence-corrected chi connectivity index (χ2v) is 4.37. The zero-order valence-electron chi connectivity index (χ0n) is 10.8. The highest BCUT2D eigenvalue weighted by Crippen LogP contribution is 2.29. The quantitative estimate of drug-likeness (QED) is 0.867. The van der Waals surface area contributed by atoms with Crippen molar-refractivity contribution >= 4 is 5.91 Å². The Morgan fingerprint density at radius 1 is 1.32 bits per heavy atom. The van der Waals surface area contributed by atoms with E-state index >= 15 is 0 Å². The second kappa shape index (κ2) is 6.06. The molecule has 1 aromatic rings. The maximum Gasteiger partial charge on any atom is 0.416 e. The number of benzene rings is 1. The summed E-state index contributed by atoms with van der Waals surface area (Å²) in [5.41, 5.74) is 5.19. The van der Waals surface area contributed by atoms with Gasteiger partial charge in [-0.05, 0) is 31.0 Å². The first-order chi connectivity index (χ1) is 8.75. The third-order valence-electron chi connectivity index (χ3n) is 2.94. The van der Waals surface area contributed by atoms with Crippen molar-refractivity contribution < 1.29 is 18.0 Å². The molecule has 0 bridgehead atoms. The summed E-state index contributed by atoms with van der Waals surface area (Å²) in [4.78, 5) is 11.1. The third kappa shape index (κ3) is 4.24. The predicted molar refractivity (Wildman–Crippen MR) is 66.3 cm³/mol. The Labute approximate surface area is 110 Å². The van der Waals surface area contributed by atoms with Crippen LogP contribution in [-0.4, -0.2) is 11.9 Å². The molecular formula is C13H17F3N2O. The summed E-state index contributed by atoms with van der Waals surface area (Å²) in [5.74, 6) is -0.471. The van der Waals surface area contributed by atoms with Gasteiger partial charge < -0.3 is 5.73 Å². The number of hydrogen-bond donors (Lipinski definition) is 2. The first-order valence-electron chi connectivity index (χ1n) is 5.98. The van der Waals surface area contributed by atoms with Crippen LogP contribution in [0.3, 0.4) is 0 Å². The molecule has 0 saturated carbocycles. The Bertz CT molecular complexity index is 429. The smallest absolute Gasteiger partial charge is 0.368 e. The van der Waals surface area contributed by atoms with Gasteiger partial charge in [-0.15, -0.1) is 0 Å². The highest BCUT2D eigenvalue weighted by atomic mass is 19.4. The van der Waals surface area contributed by atoms with E-state index in [2.05, 4.69) is 5.32 Å². The Balaban J connectivity index is 2.78. The number of carbonyl (C=O) groups excluding carboxylic acids is 1. The number of nitrogens with one attached hydrogen (secondary N) is 1. The van der Waals surface area contributed by atoms with Crippen molar-refractivity contribution in [3.63, 3.8) is 0 Å². The fourth-order valence-corrected chi connectivity index (χ4v) is 1.76. The Morgan fingerprint density at radius 2 is 1.84 bits per heavy atom. The zero-order chi connectivity index (χ0) is 14.6. The van der Waals surface area contributed by atoms with Crippen molar-refractivity contribution in [1.29, 1.82) is 0 Å². The lowest BCUT2D eigenvalue weighted by molar-refractivity contribution is -0.137. The molecule has 0 unspecified atom stereocenters. The third-order valence-corrected chi connectivity index (χ3v) is 2.94. The standard InChI is InChI=1S/C13H17F3N2O/c1-3-11(12(17)19)18-8(2)9-4-6-10(7-5-9)13(14,15)16/h4-8,11,18H,3H2,1-2H3,(H2,17,19)/t8-,11-/m1/s1. The monoisotopic (exact) mass is 274 g/mol. The van der Waals surface area contributed by atoms with Crippen molar-refractivity contribution in [2.24, 2.45) is 5.73 Å². The molecule has 0 aliphatic heterocycles. The van der Waals surface area contributed by atoms with E-state index in [9.17, 15) is 18.0 Å². The van der Waals surface area contributed by atoms with Crippen LogP contribution in [0.4, 0.5) is 13.2 Å². The lowest BCUT2D eigenvalue weighted by atomic mass is 10.0. The second-order valence-electron chi connectivity index (χ2n) is 4.37. The number of halogens is 3. The minimum absolute atomic E-state index is 0.250. The van der Waals surface area contributed by atoms with E-state index < -0.39 is 23.7 Å². The summed E-state index contributed by atoms with van der Waals surface area (Å²) in [6.45, 7) is 3.58. The highest BCUT2D eigenvalue weighted by Gasteiger charge is 2.30. The summed E-state index contributed by atoms with van der Waals surface area (Å²) in [6, 6.07) is 4.11. The van der Waals surface area contributed by atoms with E-state index in [4.69, 9.17) is 5.73 Å². The predicted octanol–water partition coefficient (Wildman–Crippen LogP) is 2.62. The first kappa shape index (κ1) is 15.5. The highest BCUT2D eigenvalue weighted by molar-refractivity contribution is 5.79. The van der Waals surface area contributed by atoms with E-state index in [1.165, 1.54) is 12.1 Å². The van der Waals surface area contributed by atoms with Crippen molar-refractivity contribution in [2.45, 2.75) is 38.5 Å². The van der Waals surface area contributed by atoms with Gasteiger partial charge in [-0.1, -0.05) is 19.1 Å². The van der Waals surface area contributed by atoms with Crippen LogP contribution in [0.2, 0.25) is 0 Å². The molecule has 1 aromatic carbocycles. The minimum atomic E-state index is -4.34. The van der Waals surface area contributed by atoms with Crippen LogP contribution in [-0.2, 0) is 11.0 Å². The van der Waals surface area contributed by atoms with Crippen LogP contribution < -0.4 is 11.1 Å². The summed E-state index contributed by atoms with van der Waals surface area (Å²) in [7, 11) is 0. The number of carbonyl (C=O) groups is 1. The van der Waals surface area contributed by atoms with Crippen LogP contribution in [0.5, 0.6) is 0 Å². The molecule has 2 atom stereocenters. The van der Waals surface area contributed by atoms with Gasteiger partial charge in [0.15, 0.2) is 0 Å². The molecule has 19 heavy (non-hydrogen) atoms. The fraction of sp³-hybridized carbons (Fsp3) is 0.462. The number of rotatable bonds is 5. The summed E-state index contributed by atoms with van der Waals surface area (Å²) >= 11 is 0. The topological polar surface area (TPSA) is 55.1 Å². The van der Waals surface area contributed by atoms with Gasteiger partial charge in [0.1, 0.15) is 0 Å². The normalized spacial score (nSPS) is 15.0. The van der Waals surface area contributed by atoms with Gasteiger partial charge in [0, 0.05) is 6.04 Å². The number of nitrogens with two attached hydrogens (primary N) is 1. The van der Waals surface area contributed by atoms with Crippen LogP contribution in [0.25, 0.3) is 0 Å². The van der Waals surface area contributed by atoms with Gasteiger partial charge in [0.05, 0.1) is 11.6 Å². The summed E-state index contributed by atoms with van der Waals surface area (Å²) in [5, 5.41) is 2.98. The molecule has 1 rings (SSSR count). The molecule has 0 aliphatic rings. The van der Waals surface area contributed by atoms with Crippen molar-refractivity contribution in [1.82, 2.24) is 5.32 Å². The Morgan fingerprint density at radius 3 is 2.21 bits per heavy atom. The van der Waals surface area contributed by atoms with Gasteiger partial charge in [-0.25, -0.2) is 0 Å². The van der Waals surface area contributed by atoms with Crippen LogP contribution in [0, 0.1) is 0 Å². The fourth-order valence-electron chi connectivity index (χ4n) is 1.76. The van der Waals surface area contributed by atoms with Crippen molar-refractivity contribution in [2.75, 3.05) is 0 Å². The van der Waals surface area contributed by atoms with Gasteiger partial charge in [0.25, 0.3) is 0 Å². The molecule has 0 fully saturated rings. The molecule has 0 heterocycles. The molecule has 0 radical (unpaired) electrons. The average Bonchev–Trinajstić information content (AvgIpc) is 2.34. The molecule has 0 saturated heterocycles. The molecule has 106 valence electrons. The van der Waals surface area contributed by atoms with Gasteiger partial charge >= 0.3 is 6.18 Å². The molecular weight excluding hydrogens is 257 g/mol. The largest absolute Gasteiger partial charge is 0.416 e. The number of alkyl halides is 3. The summed E-state index contributed by atoms with van der Waals surface area (Å²) < 4.78 is 37.2. The van der Waals surface area contributed by atoms with E-state index in [1.807, 2.05) is 6.92 Å². The molecule has 0 spiro atoms. The van der Waals surface area contributed by atoms with Crippen LogP contribution in [0.15, 0.2) is 24.3 Å². The Kier molecular flexibility index (Phi) is 4.94. The Hall–Kier alpha value is -1.56. The molecule has 3 nitrogen and oxygen atoms in total. The first-order valence-corrected chi connectivity index (χ1v) is 5.98. The SMILES string of the molecule is CC[C@@H](N[C@H](C)c1ccc(C(F)(F)F)cc1)C(N)=O. The molecule has 0 aromatic heterocycles. The van der Waals surface area contributed by atoms with E-state index in [0.29, 0.717) is 12.0 Å². The van der Waals surface area contributed by atoms with Crippen LogP contribution >= 0.6 is 0 Å². The zero-order valence-corrected chi connectivity index (χ0v) is 10.8. The lowest BCUT2D eigenvalue weighted by Gasteiger charge is -2.20. The molecule has 0 aliphatic carbocycles. The average molecular weight is 274 g/mol.